The number of hydrogen-bond donors (Lipinski definition) is 2. The molecule has 2 unspecified atom stereocenters. The number of fused-ring (bicyclic) bond motifs is 1. The van der Waals surface area contributed by atoms with Gasteiger partial charge in [0.1, 0.15) is 17.2 Å². The van der Waals surface area contributed by atoms with E-state index >= 15 is 0 Å². The fourth-order valence-corrected chi connectivity index (χ4v) is 3.00. The highest BCUT2D eigenvalue weighted by Gasteiger charge is 2.16. The van der Waals surface area contributed by atoms with E-state index in [4.69, 9.17) is 11.6 Å². The second-order valence-corrected chi connectivity index (χ2v) is 5.91. The molecule has 0 spiro atoms. The molecule has 4 nitrogen and oxygen atoms in total. The second-order valence-electron chi connectivity index (χ2n) is 5.53. The predicted octanol–water partition coefficient (Wildman–Crippen LogP) is 4.51. The maximum absolute atomic E-state index is 9.72. The lowest BCUT2D eigenvalue weighted by molar-refractivity contribution is 0.194. The summed E-state index contributed by atoms with van der Waals surface area (Å²) in [4.78, 5) is 8.24. The van der Waals surface area contributed by atoms with Crippen molar-refractivity contribution in [2.24, 2.45) is 0 Å². The summed E-state index contributed by atoms with van der Waals surface area (Å²) >= 11 is 6.31. The van der Waals surface area contributed by atoms with Gasteiger partial charge in [0, 0.05) is 0 Å². The third kappa shape index (κ3) is 3.14. The Bertz CT molecular complexity index is 830. The molecule has 2 aromatic carbocycles. The third-order valence-electron chi connectivity index (χ3n) is 3.86. The summed E-state index contributed by atoms with van der Waals surface area (Å²) in [7, 11) is 0. The highest BCUT2D eigenvalue weighted by atomic mass is 35.5. The Morgan fingerprint density at radius 3 is 2.57 bits per heavy atom. The normalized spacial score (nSPS) is 13.7. The van der Waals surface area contributed by atoms with Crippen molar-refractivity contribution in [2.45, 2.75) is 26.0 Å². The Hall–Kier alpha value is -2.17. The van der Waals surface area contributed by atoms with Gasteiger partial charge in [-0.25, -0.2) is 9.97 Å². The molecule has 0 saturated carbocycles. The fraction of sp³-hybridized carbons (Fsp3) is 0.222. The van der Waals surface area contributed by atoms with Crippen LogP contribution < -0.4 is 5.32 Å². The molecule has 1 aromatic heterocycles. The van der Waals surface area contributed by atoms with E-state index in [0.29, 0.717) is 16.5 Å². The van der Waals surface area contributed by atoms with Crippen LogP contribution in [0.2, 0.25) is 5.02 Å². The van der Waals surface area contributed by atoms with E-state index in [0.717, 1.165) is 5.56 Å². The molecule has 0 radical (unpaired) electrons. The van der Waals surface area contributed by atoms with Gasteiger partial charge in [-0.05, 0) is 30.2 Å². The molecule has 0 fully saturated rings. The Morgan fingerprint density at radius 2 is 1.78 bits per heavy atom. The summed E-state index contributed by atoms with van der Waals surface area (Å²) in [5.41, 5.74) is 1.59. The summed E-state index contributed by atoms with van der Waals surface area (Å²) < 4.78 is 0. The van der Waals surface area contributed by atoms with Crippen molar-refractivity contribution in [1.82, 2.24) is 9.97 Å². The van der Waals surface area contributed by atoms with Crippen LogP contribution >= 0.6 is 11.6 Å². The van der Waals surface area contributed by atoms with E-state index in [1.165, 1.54) is 17.1 Å². The molecule has 2 atom stereocenters. The smallest absolute Gasteiger partial charge is 0.149 e. The molecule has 23 heavy (non-hydrogen) atoms. The first-order valence-corrected chi connectivity index (χ1v) is 7.88. The minimum absolute atomic E-state index is 0.00958. The molecule has 0 saturated heterocycles. The summed E-state index contributed by atoms with van der Waals surface area (Å²) in [5, 5.41) is 15.8. The van der Waals surface area contributed by atoms with Crippen LogP contribution in [0.5, 0.6) is 0 Å². The van der Waals surface area contributed by atoms with Crippen molar-refractivity contribution < 1.29 is 5.11 Å². The molecule has 0 aliphatic carbocycles. The highest BCUT2D eigenvalue weighted by Crippen LogP contribution is 2.31. The minimum Gasteiger partial charge on any atom is -0.387 e. The predicted molar refractivity (Wildman–Crippen MR) is 93.7 cm³/mol. The molecular weight excluding hydrogens is 310 g/mol. The van der Waals surface area contributed by atoms with Gasteiger partial charge in [0.05, 0.1) is 17.8 Å². The number of anilines is 1. The van der Waals surface area contributed by atoms with Crippen LogP contribution in [0.15, 0.2) is 48.8 Å². The topological polar surface area (TPSA) is 58.0 Å². The number of nitrogens with zero attached hydrogens (tertiary/aromatic N) is 2. The van der Waals surface area contributed by atoms with Gasteiger partial charge in [0.15, 0.2) is 0 Å². The maximum atomic E-state index is 9.72. The molecule has 3 aromatic rings. The molecule has 0 aliphatic heterocycles. The van der Waals surface area contributed by atoms with E-state index in [1.54, 1.807) is 6.92 Å². The maximum Gasteiger partial charge on any atom is 0.149 e. The zero-order valence-corrected chi connectivity index (χ0v) is 13.7. The van der Waals surface area contributed by atoms with E-state index in [9.17, 15) is 5.11 Å². The van der Waals surface area contributed by atoms with Crippen LogP contribution in [0.1, 0.15) is 37.3 Å². The van der Waals surface area contributed by atoms with Gasteiger partial charge in [-0.1, -0.05) is 54.1 Å². The summed E-state index contributed by atoms with van der Waals surface area (Å²) in [6.45, 7) is 3.69. The summed E-state index contributed by atoms with van der Waals surface area (Å²) in [5.74, 6) is 0.526. The Labute approximate surface area is 140 Å². The first kappa shape index (κ1) is 15.7. The van der Waals surface area contributed by atoms with E-state index in [1.807, 2.05) is 18.2 Å². The van der Waals surface area contributed by atoms with Gasteiger partial charge >= 0.3 is 0 Å². The van der Waals surface area contributed by atoms with Crippen LogP contribution in [0, 0.1) is 0 Å². The molecule has 5 heteroatoms. The number of nitrogens with one attached hydrogen (secondary N) is 1. The molecule has 0 bridgehead atoms. The summed E-state index contributed by atoms with van der Waals surface area (Å²) in [6.07, 6.45) is 0.672. The Kier molecular flexibility index (Phi) is 4.46. The number of halogens is 1. The molecule has 1 heterocycles. The van der Waals surface area contributed by atoms with Crippen LogP contribution in [0.4, 0.5) is 5.82 Å². The van der Waals surface area contributed by atoms with Crippen LogP contribution in [-0.4, -0.2) is 15.1 Å². The average molecular weight is 328 g/mol. The van der Waals surface area contributed by atoms with Gasteiger partial charge < -0.3 is 10.4 Å². The second kappa shape index (κ2) is 6.52. The lowest BCUT2D eigenvalue weighted by Crippen LogP contribution is -2.10. The standard InChI is InChI=1S/C18H18ClN3O/c1-11(14-9-5-7-13-6-3-4-8-15(13)14)22-18-16(19)17(12(2)23)20-10-21-18/h3-12,23H,1-2H3,(H,20,21,22). The molecule has 0 amide bonds. The van der Waals surface area contributed by atoms with Crippen molar-refractivity contribution in [3.8, 4) is 0 Å². The molecule has 3 rings (SSSR count). The van der Waals surface area contributed by atoms with Gasteiger partial charge in [-0.2, -0.15) is 0 Å². The van der Waals surface area contributed by atoms with Gasteiger partial charge in [-0.3, -0.25) is 0 Å². The molecule has 0 aliphatic rings. The monoisotopic (exact) mass is 327 g/mol. The molecule has 2 N–H and O–H groups in total. The Morgan fingerprint density at radius 1 is 1.04 bits per heavy atom. The zero-order chi connectivity index (χ0) is 16.4. The van der Waals surface area contributed by atoms with Gasteiger partial charge in [0.25, 0.3) is 0 Å². The van der Waals surface area contributed by atoms with Gasteiger partial charge in [0.2, 0.25) is 0 Å². The average Bonchev–Trinajstić information content (AvgIpc) is 2.56. The van der Waals surface area contributed by atoms with E-state index < -0.39 is 6.10 Å². The molecular formula is C18H18ClN3O. The van der Waals surface area contributed by atoms with E-state index in [2.05, 4.69) is 46.5 Å². The lowest BCUT2D eigenvalue weighted by atomic mass is 10.00. The van der Waals surface area contributed by atoms with Crippen molar-refractivity contribution in [2.75, 3.05) is 5.32 Å². The first-order chi connectivity index (χ1) is 11.1. The minimum atomic E-state index is -0.737. The number of benzene rings is 2. The third-order valence-corrected chi connectivity index (χ3v) is 4.23. The number of hydrogen-bond acceptors (Lipinski definition) is 4. The Balaban J connectivity index is 1.96. The largest absolute Gasteiger partial charge is 0.387 e. The van der Waals surface area contributed by atoms with Gasteiger partial charge in [-0.15, -0.1) is 0 Å². The number of aliphatic hydroxyl groups excluding tert-OH is 1. The van der Waals surface area contributed by atoms with E-state index in [-0.39, 0.29) is 6.04 Å². The number of aromatic nitrogens is 2. The first-order valence-electron chi connectivity index (χ1n) is 7.50. The lowest BCUT2D eigenvalue weighted by Gasteiger charge is -2.19. The SMILES string of the molecule is CC(O)c1ncnc(NC(C)c2cccc3ccccc23)c1Cl. The number of rotatable bonds is 4. The van der Waals surface area contributed by atoms with Crippen molar-refractivity contribution >= 4 is 28.2 Å². The van der Waals surface area contributed by atoms with Crippen molar-refractivity contribution in [3.63, 3.8) is 0 Å². The van der Waals surface area contributed by atoms with Crippen LogP contribution in [-0.2, 0) is 0 Å². The fourth-order valence-electron chi connectivity index (χ4n) is 2.69. The quantitative estimate of drug-likeness (QED) is 0.740. The highest BCUT2D eigenvalue weighted by molar-refractivity contribution is 6.33. The summed E-state index contributed by atoms with van der Waals surface area (Å²) in [6, 6.07) is 14.5. The molecule has 118 valence electrons. The zero-order valence-electron chi connectivity index (χ0n) is 13.0. The van der Waals surface area contributed by atoms with Crippen molar-refractivity contribution in [1.29, 1.82) is 0 Å². The van der Waals surface area contributed by atoms with Crippen molar-refractivity contribution in [3.05, 3.63) is 65.1 Å². The number of aliphatic hydroxyl groups is 1. The van der Waals surface area contributed by atoms with Crippen LogP contribution in [0.25, 0.3) is 10.8 Å². The van der Waals surface area contributed by atoms with Crippen LogP contribution in [0.3, 0.4) is 0 Å².